The van der Waals surface area contributed by atoms with Crippen LogP contribution in [-0.2, 0) is 16.8 Å². The maximum atomic E-state index is 12.1. The first-order valence-corrected chi connectivity index (χ1v) is 8.05. The first kappa shape index (κ1) is 16.1. The first-order chi connectivity index (χ1) is 10.5. The zero-order valence-electron chi connectivity index (χ0n) is 12.4. The molecule has 6 nitrogen and oxygen atoms in total. The van der Waals surface area contributed by atoms with E-state index >= 15 is 0 Å². The highest BCUT2D eigenvalue weighted by atomic mass is 32.2. The molecule has 2 aromatic carbocycles. The van der Waals surface area contributed by atoms with Crippen LogP contribution in [0.5, 0.6) is 11.5 Å². The van der Waals surface area contributed by atoms with Crippen LogP contribution in [0.25, 0.3) is 0 Å². The summed E-state index contributed by atoms with van der Waals surface area (Å²) < 4.78 is 39.3. The Hall–Kier alpha value is -2.25. The molecule has 0 saturated heterocycles. The fourth-order valence-electron chi connectivity index (χ4n) is 1.83. The Bertz CT molecular complexity index is 695. The average molecular weight is 322 g/mol. The molecule has 2 rings (SSSR count). The maximum absolute atomic E-state index is 12.1. The van der Waals surface area contributed by atoms with Gasteiger partial charge in [0.25, 0.3) is 10.2 Å². The van der Waals surface area contributed by atoms with E-state index in [1.807, 2.05) is 30.3 Å². The van der Waals surface area contributed by atoms with E-state index in [-0.39, 0.29) is 6.54 Å². The largest absolute Gasteiger partial charge is 0.497 e. The van der Waals surface area contributed by atoms with Crippen LogP contribution in [-0.4, -0.2) is 22.6 Å². The summed E-state index contributed by atoms with van der Waals surface area (Å²) in [6, 6.07) is 14.1. The van der Waals surface area contributed by atoms with Crippen molar-refractivity contribution < 1.29 is 17.9 Å². The number of hydrogen-bond donors (Lipinski definition) is 2. The molecule has 7 heteroatoms. The van der Waals surface area contributed by atoms with E-state index in [9.17, 15) is 8.42 Å². The van der Waals surface area contributed by atoms with E-state index in [1.54, 1.807) is 18.2 Å². The van der Waals surface area contributed by atoms with Crippen molar-refractivity contribution in [2.24, 2.45) is 0 Å². The van der Waals surface area contributed by atoms with Crippen LogP contribution in [0.3, 0.4) is 0 Å². The molecule has 0 unspecified atom stereocenters. The molecule has 0 aliphatic heterocycles. The third-order valence-corrected chi connectivity index (χ3v) is 3.94. The Balaban J connectivity index is 2.08. The van der Waals surface area contributed by atoms with E-state index in [0.717, 1.165) is 5.56 Å². The molecule has 0 saturated carbocycles. The molecule has 0 heterocycles. The van der Waals surface area contributed by atoms with Gasteiger partial charge in [-0.05, 0) is 5.56 Å². The van der Waals surface area contributed by atoms with Crippen molar-refractivity contribution in [1.82, 2.24) is 4.72 Å². The fourth-order valence-corrected chi connectivity index (χ4v) is 2.69. The van der Waals surface area contributed by atoms with Crippen molar-refractivity contribution in [2.45, 2.75) is 6.54 Å². The SMILES string of the molecule is COc1cc(NS(=O)(=O)NCc2ccccc2)cc(OC)c1. The summed E-state index contributed by atoms with van der Waals surface area (Å²) in [6.07, 6.45) is 0. The lowest BCUT2D eigenvalue weighted by Crippen LogP contribution is -2.29. The predicted molar refractivity (Wildman–Crippen MR) is 85.4 cm³/mol. The summed E-state index contributed by atoms with van der Waals surface area (Å²) >= 11 is 0. The van der Waals surface area contributed by atoms with Crippen LogP contribution in [0.1, 0.15) is 5.56 Å². The second kappa shape index (κ2) is 7.15. The van der Waals surface area contributed by atoms with Crippen LogP contribution < -0.4 is 18.9 Å². The lowest BCUT2D eigenvalue weighted by atomic mass is 10.2. The second-order valence-corrected chi connectivity index (χ2v) is 6.01. The summed E-state index contributed by atoms with van der Waals surface area (Å²) in [6.45, 7) is 0.206. The van der Waals surface area contributed by atoms with Crippen molar-refractivity contribution in [2.75, 3.05) is 18.9 Å². The van der Waals surface area contributed by atoms with Gasteiger partial charge in [-0.25, -0.2) is 0 Å². The molecule has 2 N–H and O–H groups in total. The molecule has 118 valence electrons. The van der Waals surface area contributed by atoms with Gasteiger partial charge in [-0.3, -0.25) is 4.72 Å². The highest BCUT2D eigenvalue weighted by Gasteiger charge is 2.11. The number of rotatable bonds is 7. The van der Waals surface area contributed by atoms with Crippen molar-refractivity contribution >= 4 is 15.9 Å². The number of methoxy groups -OCH3 is 2. The van der Waals surface area contributed by atoms with Crippen LogP contribution in [0.2, 0.25) is 0 Å². The van der Waals surface area contributed by atoms with E-state index in [4.69, 9.17) is 9.47 Å². The molecule has 2 aromatic rings. The van der Waals surface area contributed by atoms with Gasteiger partial charge in [0.05, 0.1) is 19.9 Å². The Morgan fingerprint density at radius 2 is 1.55 bits per heavy atom. The van der Waals surface area contributed by atoms with Crippen LogP contribution >= 0.6 is 0 Å². The van der Waals surface area contributed by atoms with Crippen molar-refractivity contribution in [3.63, 3.8) is 0 Å². The minimum Gasteiger partial charge on any atom is -0.497 e. The monoisotopic (exact) mass is 322 g/mol. The minimum absolute atomic E-state index is 0.206. The topological polar surface area (TPSA) is 76.7 Å². The van der Waals surface area contributed by atoms with E-state index < -0.39 is 10.2 Å². The average Bonchev–Trinajstić information content (AvgIpc) is 2.53. The summed E-state index contributed by atoms with van der Waals surface area (Å²) in [4.78, 5) is 0. The number of anilines is 1. The number of benzene rings is 2. The highest BCUT2D eigenvalue weighted by molar-refractivity contribution is 7.90. The standard InChI is InChI=1S/C15H18N2O4S/c1-20-14-8-13(9-15(10-14)21-2)17-22(18,19)16-11-12-6-4-3-5-7-12/h3-10,16-17H,11H2,1-2H3. The van der Waals surface area contributed by atoms with Gasteiger partial charge >= 0.3 is 0 Å². The summed E-state index contributed by atoms with van der Waals surface area (Å²) in [5.41, 5.74) is 1.23. The zero-order valence-corrected chi connectivity index (χ0v) is 13.2. The first-order valence-electron chi connectivity index (χ1n) is 6.57. The molecule has 0 bridgehead atoms. The Morgan fingerprint density at radius 3 is 2.09 bits per heavy atom. The van der Waals surface area contributed by atoms with Crippen molar-refractivity contribution in [3.8, 4) is 11.5 Å². The Morgan fingerprint density at radius 1 is 0.955 bits per heavy atom. The molecular formula is C15H18N2O4S. The van der Waals surface area contributed by atoms with Gasteiger partial charge < -0.3 is 9.47 Å². The third kappa shape index (κ3) is 4.64. The van der Waals surface area contributed by atoms with Gasteiger partial charge in [-0.2, -0.15) is 13.1 Å². The predicted octanol–water partition coefficient (Wildman–Crippen LogP) is 2.15. The maximum Gasteiger partial charge on any atom is 0.299 e. The zero-order chi connectivity index (χ0) is 16.0. The fraction of sp³-hybridized carbons (Fsp3) is 0.200. The van der Waals surface area contributed by atoms with E-state index in [0.29, 0.717) is 17.2 Å². The van der Waals surface area contributed by atoms with Gasteiger partial charge in [0.2, 0.25) is 0 Å². The van der Waals surface area contributed by atoms with Gasteiger partial charge in [-0.15, -0.1) is 0 Å². The molecular weight excluding hydrogens is 304 g/mol. The molecule has 0 atom stereocenters. The molecule has 0 amide bonds. The minimum atomic E-state index is -3.69. The van der Waals surface area contributed by atoms with Gasteiger partial charge in [-0.1, -0.05) is 30.3 Å². The summed E-state index contributed by atoms with van der Waals surface area (Å²) in [5.74, 6) is 1.00. The van der Waals surface area contributed by atoms with Crippen LogP contribution in [0.4, 0.5) is 5.69 Å². The smallest absolute Gasteiger partial charge is 0.299 e. The molecule has 0 spiro atoms. The lowest BCUT2D eigenvalue weighted by Gasteiger charge is -2.12. The highest BCUT2D eigenvalue weighted by Crippen LogP contribution is 2.26. The molecule has 0 aliphatic carbocycles. The summed E-state index contributed by atoms with van der Waals surface area (Å²) in [5, 5.41) is 0. The Labute approximate surface area is 130 Å². The van der Waals surface area contributed by atoms with Gasteiger partial charge in [0.15, 0.2) is 0 Å². The number of nitrogens with one attached hydrogen (secondary N) is 2. The second-order valence-electron chi connectivity index (χ2n) is 4.51. The van der Waals surface area contributed by atoms with Gasteiger partial charge in [0.1, 0.15) is 11.5 Å². The summed E-state index contributed by atoms with van der Waals surface area (Å²) in [7, 11) is -0.692. The number of ether oxygens (including phenoxy) is 2. The Kier molecular flexibility index (Phi) is 5.24. The molecule has 0 aromatic heterocycles. The molecule has 0 aliphatic rings. The third-order valence-electron chi connectivity index (χ3n) is 2.91. The lowest BCUT2D eigenvalue weighted by molar-refractivity contribution is 0.395. The van der Waals surface area contributed by atoms with Crippen molar-refractivity contribution in [3.05, 3.63) is 54.1 Å². The van der Waals surface area contributed by atoms with E-state index in [1.165, 1.54) is 14.2 Å². The molecule has 22 heavy (non-hydrogen) atoms. The van der Waals surface area contributed by atoms with Crippen molar-refractivity contribution in [1.29, 1.82) is 0 Å². The normalized spacial score (nSPS) is 11.0. The van der Waals surface area contributed by atoms with E-state index in [2.05, 4.69) is 9.44 Å². The molecule has 0 radical (unpaired) electrons. The van der Waals surface area contributed by atoms with Crippen LogP contribution in [0, 0.1) is 0 Å². The quantitative estimate of drug-likeness (QED) is 0.819. The number of hydrogen-bond acceptors (Lipinski definition) is 4. The molecule has 0 fully saturated rings. The van der Waals surface area contributed by atoms with Crippen LogP contribution in [0.15, 0.2) is 48.5 Å². The van der Waals surface area contributed by atoms with Gasteiger partial charge in [0, 0.05) is 24.7 Å².